The summed E-state index contributed by atoms with van der Waals surface area (Å²) in [4.78, 5) is 72.6. The van der Waals surface area contributed by atoms with Gasteiger partial charge in [-0.05, 0) is 43.4 Å². The number of phosphoric ester groups is 2. The number of ether oxygens (including phenoxy) is 4. The quantitative estimate of drug-likeness (QED) is 0.0222. The number of unbranched alkanes of at least 4 members (excludes halogenated alkanes) is 39. The van der Waals surface area contributed by atoms with Crippen molar-refractivity contribution in [3.8, 4) is 0 Å². The Labute approximate surface area is 562 Å². The minimum Gasteiger partial charge on any atom is -0.462 e. The number of hydrogen-bond donors (Lipinski definition) is 3. The topological polar surface area (TPSA) is 237 Å². The van der Waals surface area contributed by atoms with Crippen LogP contribution >= 0.6 is 15.6 Å². The minimum atomic E-state index is -4.96. The first-order valence-electron chi connectivity index (χ1n) is 37.8. The molecule has 5 atom stereocenters. The van der Waals surface area contributed by atoms with Crippen molar-refractivity contribution in [3.63, 3.8) is 0 Å². The molecular formula is C73H142O17P2. The molecule has 17 nitrogen and oxygen atoms in total. The maximum atomic E-state index is 13.1. The van der Waals surface area contributed by atoms with E-state index in [1.165, 1.54) is 173 Å². The zero-order valence-corrected chi connectivity index (χ0v) is 61.8. The van der Waals surface area contributed by atoms with Crippen LogP contribution in [0.2, 0.25) is 0 Å². The van der Waals surface area contributed by atoms with Crippen molar-refractivity contribution < 1.29 is 80.2 Å². The standard InChI is InChI=1S/C73H142O17P2/c1-8-9-10-11-12-13-14-15-16-17-18-21-25-28-33-42-49-56-72(77)89-68(60-83-70(75)54-47-40-32-27-24-22-19-20-23-26-30-37-44-51-64(2)3)62-87-91(79,80)85-58-67(74)59-86-92(81,82)88-63-69(61-84-71(76)55-48-41-36-35-39-46-53-66(6)7)90-73(78)57-50-43-34-29-31-38-45-52-65(4)5/h64-69,74H,8-63H2,1-7H3,(H,79,80)(H,81,82)/t67-,68-,69-/m1/s1. The van der Waals surface area contributed by atoms with Gasteiger partial charge in [-0.25, -0.2) is 9.13 Å². The Morgan fingerprint density at radius 1 is 0.293 bits per heavy atom. The molecule has 0 rings (SSSR count). The lowest BCUT2D eigenvalue weighted by Gasteiger charge is -2.21. The minimum absolute atomic E-state index is 0.102. The molecule has 0 spiro atoms. The molecule has 0 amide bonds. The van der Waals surface area contributed by atoms with E-state index in [0.29, 0.717) is 37.5 Å². The van der Waals surface area contributed by atoms with E-state index in [4.69, 9.17) is 37.0 Å². The molecule has 0 aliphatic carbocycles. The van der Waals surface area contributed by atoms with Crippen LogP contribution in [0.25, 0.3) is 0 Å². The van der Waals surface area contributed by atoms with Crippen LogP contribution in [0.3, 0.4) is 0 Å². The van der Waals surface area contributed by atoms with Crippen molar-refractivity contribution in [2.24, 2.45) is 17.8 Å². The number of aliphatic hydroxyl groups excluding tert-OH is 1. The molecule has 546 valence electrons. The average Bonchev–Trinajstić information content (AvgIpc) is 2.06. The Morgan fingerprint density at radius 3 is 0.739 bits per heavy atom. The second-order valence-corrected chi connectivity index (χ2v) is 30.7. The molecular weight excluding hydrogens is 1210 g/mol. The van der Waals surface area contributed by atoms with Crippen LogP contribution in [-0.2, 0) is 65.4 Å². The third-order valence-corrected chi connectivity index (χ3v) is 18.8. The third kappa shape index (κ3) is 66.7. The highest BCUT2D eigenvalue weighted by Crippen LogP contribution is 2.45. The fourth-order valence-corrected chi connectivity index (χ4v) is 12.7. The van der Waals surface area contributed by atoms with Crippen LogP contribution < -0.4 is 0 Å². The van der Waals surface area contributed by atoms with Crippen molar-refractivity contribution in [3.05, 3.63) is 0 Å². The Kier molecular flexibility index (Phi) is 62.4. The molecule has 0 saturated carbocycles. The van der Waals surface area contributed by atoms with Gasteiger partial charge in [0.2, 0.25) is 0 Å². The van der Waals surface area contributed by atoms with Crippen molar-refractivity contribution in [1.82, 2.24) is 0 Å². The lowest BCUT2D eigenvalue weighted by atomic mass is 10.0. The van der Waals surface area contributed by atoms with Crippen LogP contribution in [0.5, 0.6) is 0 Å². The number of aliphatic hydroxyl groups is 1. The molecule has 0 aliphatic rings. The van der Waals surface area contributed by atoms with Gasteiger partial charge in [0.1, 0.15) is 19.3 Å². The van der Waals surface area contributed by atoms with Crippen LogP contribution in [0, 0.1) is 17.8 Å². The summed E-state index contributed by atoms with van der Waals surface area (Å²) in [6.07, 6.45) is 48.9. The average molecular weight is 1350 g/mol. The van der Waals surface area contributed by atoms with E-state index in [0.717, 1.165) is 102 Å². The molecule has 2 unspecified atom stereocenters. The lowest BCUT2D eigenvalue weighted by molar-refractivity contribution is -0.161. The van der Waals surface area contributed by atoms with Gasteiger partial charge in [-0.1, -0.05) is 318 Å². The number of carbonyl (C=O) groups excluding carboxylic acids is 4. The SMILES string of the molecule is CCCCCCCCCCCCCCCCCCCC(=O)O[C@H](COC(=O)CCCCCCCCCCCCCCCC(C)C)COP(=O)(O)OC[C@@H](O)COP(=O)(O)OC[C@@H](COC(=O)CCCCCCCCC(C)C)OC(=O)CCCCCCCCCC(C)C. The fourth-order valence-electron chi connectivity index (χ4n) is 11.1. The highest BCUT2D eigenvalue weighted by Gasteiger charge is 2.30. The maximum Gasteiger partial charge on any atom is 0.472 e. The van der Waals surface area contributed by atoms with E-state index < -0.39 is 97.5 Å². The van der Waals surface area contributed by atoms with Gasteiger partial charge >= 0.3 is 39.5 Å². The molecule has 3 N–H and O–H groups in total. The summed E-state index contributed by atoms with van der Waals surface area (Å²) in [5, 5.41) is 10.6. The lowest BCUT2D eigenvalue weighted by Crippen LogP contribution is -2.30. The van der Waals surface area contributed by atoms with E-state index in [1.54, 1.807) is 0 Å². The van der Waals surface area contributed by atoms with Gasteiger partial charge in [-0.3, -0.25) is 37.3 Å². The Morgan fingerprint density at radius 2 is 0.500 bits per heavy atom. The Hall–Kier alpha value is -1.94. The molecule has 0 heterocycles. The molecule has 0 aromatic heterocycles. The second-order valence-electron chi connectivity index (χ2n) is 27.8. The molecule has 0 aliphatic heterocycles. The molecule has 19 heteroatoms. The zero-order chi connectivity index (χ0) is 68.0. The molecule has 0 saturated heterocycles. The predicted octanol–water partition coefficient (Wildman–Crippen LogP) is 21.0. The first-order chi connectivity index (χ1) is 44.2. The molecule has 0 aromatic carbocycles. The van der Waals surface area contributed by atoms with Gasteiger partial charge in [0.25, 0.3) is 0 Å². The summed E-state index contributed by atoms with van der Waals surface area (Å²) in [6, 6.07) is 0. The maximum absolute atomic E-state index is 13.1. The smallest absolute Gasteiger partial charge is 0.462 e. The van der Waals surface area contributed by atoms with Crippen molar-refractivity contribution in [1.29, 1.82) is 0 Å². The summed E-state index contributed by atoms with van der Waals surface area (Å²) in [5.74, 6) is 0.0404. The fraction of sp³-hybridized carbons (Fsp3) is 0.945. The van der Waals surface area contributed by atoms with Crippen molar-refractivity contribution >= 4 is 39.5 Å². The monoisotopic (exact) mass is 1350 g/mol. The van der Waals surface area contributed by atoms with E-state index in [1.807, 2.05) is 0 Å². The summed E-state index contributed by atoms with van der Waals surface area (Å²) in [7, 11) is -9.90. The predicted molar refractivity (Wildman–Crippen MR) is 372 cm³/mol. The van der Waals surface area contributed by atoms with Gasteiger partial charge in [-0.2, -0.15) is 0 Å². The van der Waals surface area contributed by atoms with E-state index in [2.05, 4.69) is 48.5 Å². The largest absolute Gasteiger partial charge is 0.472 e. The first-order valence-corrected chi connectivity index (χ1v) is 40.8. The molecule has 0 aromatic rings. The van der Waals surface area contributed by atoms with Gasteiger partial charge in [0.05, 0.1) is 26.4 Å². The number of rotatable bonds is 71. The first kappa shape index (κ1) is 90.1. The zero-order valence-electron chi connectivity index (χ0n) is 60.0. The van der Waals surface area contributed by atoms with E-state index >= 15 is 0 Å². The molecule has 0 bridgehead atoms. The van der Waals surface area contributed by atoms with Crippen molar-refractivity contribution in [2.75, 3.05) is 39.6 Å². The van der Waals surface area contributed by atoms with Crippen LogP contribution in [-0.4, -0.2) is 96.7 Å². The van der Waals surface area contributed by atoms with Crippen LogP contribution in [0.4, 0.5) is 0 Å². The number of esters is 4. The second kappa shape index (κ2) is 63.8. The summed E-state index contributed by atoms with van der Waals surface area (Å²) in [5.41, 5.74) is 0. The Bertz CT molecular complexity index is 1800. The summed E-state index contributed by atoms with van der Waals surface area (Å²) < 4.78 is 68.3. The number of phosphoric acid groups is 2. The highest BCUT2D eigenvalue weighted by atomic mass is 31.2. The molecule has 0 radical (unpaired) electrons. The van der Waals surface area contributed by atoms with E-state index in [-0.39, 0.29) is 25.7 Å². The third-order valence-electron chi connectivity index (χ3n) is 16.9. The van der Waals surface area contributed by atoms with E-state index in [9.17, 15) is 43.2 Å². The number of hydrogen-bond acceptors (Lipinski definition) is 15. The van der Waals surface area contributed by atoms with Gasteiger partial charge < -0.3 is 33.8 Å². The molecule has 0 fully saturated rings. The van der Waals surface area contributed by atoms with Crippen LogP contribution in [0.15, 0.2) is 0 Å². The van der Waals surface area contributed by atoms with Crippen molar-refractivity contribution in [2.45, 2.75) is 388 Å². The normalized spacial score (nSPS) is 14.1. The summed E-state index contributed by atoms with van der Waals surface area (Å²) in [6.45, 7) is 11.7. The van der Waals surface area contributed by atoms with Gasteiger partial charge in [0.15, 0.2) is 12.2 Å². The summed E-state index contributed by atoms with van der Waals surface area (Å²) >= 11 is 0. The Balaban J connectivity index is 5.22. The number of carbonyl (C=O) groups is 4. The molecule has 92 heavy (non-hydrogen) atoms. The van der Waals surface area contributed by atoms with Gasteiger partial charge in [-0.15, -0.1) is 0 Å². The van der Waals surface area contributed by atoms with Gasteiger partial charge in [0, 0.05) is 25.7 Å². The van der Waals surface area contributed by atoms with Crippen LogP contribution in [0.1, 0.15) is 370 Å². The highest BCUT2D eigenvalue weighted by molar-refractivity contribution is 7.47.